The predicted molar refractivity (Wildman–Crippen MR) is 97.6 cm³/mol. The molecular weight excluding hydrogens is 330 g/mol. The fraction of sp³-hybridized carbons (Fsp3) is 0.158. The molecule has 0 saturated heterocycles. The molecule has 1 amide bonds. The van der Waals surface area contributed by atoms with Crippen LogP contribution in [-0.2, 0) is 11.3 Å². The van der Waals surface area contributed by atoms with E-state index in [4.69, 9.17) is 9.61 Å². The van der Waals surface area contributed by atoms with Crippen LogP contribution in [0.4, 0.5) is 5.82 Å². The summed E-state index contributed by atoms with van der Waals surface area (Å²) in [4.78, 5) is 16.1. The molecule has 4 aromatic rings. The van der Waals surface area contributed by atoms with Crippen LogP contribution in [0, 0.1) is 6.92 Å². The van der Waals surface area contributed by atoms with Gasteiger partial charge in [0.1, 0.15) is 0 Å². The van der Waals surface area contributed by atoms with E-state index in [1.54, 1.807) is 0 Å². The maximum Gasteiger partial charge on any atom is 0.222 e. The van der Waals surface area contributed by atoms with E-state index in [2.05, 4.69) is 39.3 Å². The molecule has 0 aliphatic carbocycles. The summed E-state index contributed by atoms with van der Waals surface area (Å²) in [5.74, 6) is 0.613. The maximum absolute atomic E-state index is 11.4. The van der Waals surface area contributed by atoms with E-state index in [-0.39, 0.29) is 11.7 Å². The Balaban J connectivity index is 1.89. The molecule has 0 bridgehead atoms. The van der Waals surface area contributed by atoms with Crippen LogP contribution in [0.25, 0.3) is 22.6 Å². The Morgan fingerprint density at radius 2 is 1.88 bits per heavy atom. The molecule has 0 fully saturated rings. The minimum Gasteiger partial charge on any atom is -0.318 e. The second kappa shape index (κ2) is 6.44. The minimum absolute atomic E-state index is 0.247. The Kier molecular flexibility index (Phi) is 3.96. The molecule has 0 unspecified atom stereocenters. The number of rotatable bonds is 4. The first kappa shape index (κ1) is 16.0. The minimum atomic E-state index is -0.247. The summed E-state index contributed by atoms with van der Waals surface area (Å²) in [5.41, 5.74) is 4.59. The van der Waals surface area contributed by atoms with Gasteiger partial charge in [-0.05, 0) is 40.5 Å². The van der Waals surface area contributed by atoms with E-state index in [1.807, 2.05) is 36.4 Å². The highest BCUT2D eigenvalue weighted by Crippen LogP contribution is 2.29. The zero-order chi connectivity index (χ0) is 18.1. The van der Waals surface area contributed by atoms with Crippen molar-refractivity contribution in [3.8, 4) is 11.5 Å². The molecule has 0 radical (unpaired) electrons. The molecule has 130 valence electrons. The fourth-order valence-corrected chi connectivity index (χ4v) is 2.96. The second-order valence-electron chi connectivity index (χ2n) is 6.08. The number of nitrogens with zero attached hydrogens (tertiary/aromatic N) is 4. The number of aryl methyl sites for hydroxylation is 1. The first-order valence-electron chi connectivity index (χ1n) is 8.24. The van der Waals surface area contributed by atoms with Gasteiger partial charge in [-0.1, -0.05) is 36.4 Å². The standard InChI is InChI=1S/C19H17N5O2/c1-12-7-3-4-8-14(12)11-24-16-10-6-5-9-15(16)21-19(24)17-18(20-13(2)25)23-26-22-17/h3-10H,11H2,1-2H3,(H,20,23,25). The monoisotopic (exact) mass is 347 g/mol. The summed E-state index contributed by atoms with van der Waals surface area (Å²) in [6, 6.07) is 16.1. The van der Waals surface area contributed by atoms with Crippen LogP contribution >= 0.6 is 0 Å². The SMILES string of the molecule is CC(=O)Nc1nonc1-c1nc2ccccc2n1Cc1ccccc1C. The molecular formula is C19H17N5O2. The number of amides is 1. The van der Waals surface area contributed by atoms with Gasteiger partial charge in [-0.3, -0.25) is 4.79 Å². The summed E-state index contributed by atoms with van der Waals surface area (Å²) >= 11 is 0. The average Bonchev–Trinajstić information content (AvgIpc) is 3.21. The largest absolute Gasteiger partial charge is 0.318 e. The lowest BCUT2D eigenvalue weighted by Gasteiger charge is -2.10. The highest BCUT2D eigenvalue weighted by Gasteiger charge is 2.21. The van der Waals surface area contributed by atoms with Crippen molar-refractivity contribution in [2.24, 2.45) is 0 Å². The summed E-state index contributed by atoms with van der Waals surface area (Å²) in [6.07, 6.45) is 0. The van der Waals surface area contributed by atoms with Crippen LogP contribution in [0.15, 0.2) is 53.2 Å². The lowest BCUT2D eigenvalue weighted by atomic mass is 10.1. The van der Waals surface area contributed by atoms with Crippen molar-refractivity contribution in [2.75, 3.05) is 5.32 Å². The molecule has 2 heterocycles. The number of nitrogens with one attached hydrogen (secondary N) is 1. The Hall–Kier alpha value is -3.48. The van der Waals surface area contributed by atoms with Crippen molar-refractivity contribution in [1.82, 2.24) is 19.9 Å². The summed E-state index contributed by atoms with van der Waals surface area (Å²) in [5, 5.41) is 10.4. The van der Waals surface area contributed by atoms with Crippen molar-refractivity contribution in [2.45, 2.75) is 20.4 Å². The molecule has 2 aromatic carbocycles. The third-order valence-corrected chi connectivity index (χ3v) is 4.24. The predicted octanol–water partition coefficient (Wildman–Crippen LogP) is 3.40. The van der Waals surface area contributed by atoms with Crippen molar-refractivity contribution in [3.63, 3.8) is 0 Å². The highest BCUT2D eigenvalue weighted by molar-refractivity contribution is 5.91. The van der Waals surface area contributed by atoms with Gasteiger partial charge in [0, 0.05) is 13.5 Å². The van der Waals surface area contributed by atoms with Crippen LogP contribution < -0.4 is 5.32 Å². The molecule has 0 atom stereocenters. The normalized spacial score (nSPS) is 11.0. The number of carbonyl (C=O) groups is 1. The number of para-hydroxylation sites is 2. The van der Waals surface area contributed by atoms with Crippen LogP contribution in [-0.4, -0.2) is 25.8 Å². The molecule has 0 saturated carbocycles. The van der Waals surface area contributed by atoms with E-state index in [9.17, 15) is 4.79 Å². The number of carbonyl (C=O) groups excluding carboxylic acids is 1. The van der Waals surface area contributed by atoms with Crippen LogP contribution in [0.3, 0.4) is 0 Å². The summed E-state index contributed by atoms with van der Waals surface area (Å²) < 4.78 is 6.92. The molecule has 0 aliphatic heterocycles. The Labute approximate surface area is 149 Å². The van der Waals surface area contributed by atoms with Gasteiger partial charge in [0.2, 0.25) is 11.7 Å². The van der Waals surface area contributed by atoms with Gasteiger partial charge in [0.15, 0.2) is 11.5 Å². The van der Waals surface area contributed by atoms with E-state index in [0.29, 0.717) is 18.1 Å². The van der Waals surface area contributed by atoms with Crippen LogP contribution in [0.2, 0.25) is 0 Å². The van der Waals surface area contributed by atoms with Crippen LogP contribution in [0.5, 0.6) is 0 Å². The number of hydrogen-bond acceptors (Lipinski definition) is 5. The molecule has 7 heteroatoms. The third-order valence-electron chi connectivity index (χ3n) is 4.24. The van der Waals surface area contributed by atoms with E-state index < -0.39 is 0 Å². The van der Waals surface area contributed by atoms with Gasteiger partial charge in [0.05, 0.1) is 11.0 Å². The first-order chi connectivity index (χ1) is 12.6. The van der Waals surface area contributed by atoms with Crippen LogP contribution in [0.1, 0.15) is 18.1 Å². The smallest absolute Gasteiger partial charge is 0.222 e. The van der Waals surface area contributed by atoms with Gasteiger partial charge >= 0.3 is 0 Å². The van der Waals surface area contributed by atoms with Crippen molar-refractivity contribution >= 4 is 22.8 Å². The topological polar surface area (TPSA) is 85.8 Å². The zero-order valence-electron chi connectivity index (χ0n) is 14.4. The lowest BCUT2D eigenvalue weighted by Crippen LogP contribution is -2.09. The molecule has 0 spiro atoms. The van der Waals surface area contributed by atoms with Gasteiger partial charge in [-0.25, -0.2) is 9.61 Å². The summed E-state index contributed by atoms with van der Waals surface area (Å²) in [6.45, 7) is 4.11. The van der Waals surface area contributed by atoms with Gasteiger partial charge in [-0.15, -0.1) is 0 Å². The van der Waals surface area contributed by atoms with E-state index in [0.717, 1.165) is 11.0 Å². The average molecular weight is 347 g/mol. The fourth-order valence-electron chi connectivity index (χ4n) is 2.96. The lowest BCUT2D eigenvalue weighted by molar-refractivity contribution is -0.114. The first-order valence-corrected chi connectivity index (χ1v) is 8.24. The van der Waals surface area contributed by atoms with Crippen molar-refractivity contribution in [1.29, 1.82) is 0 Å². The Morgan fingerprint density at radius 3 is 2.69 bits per heavy atom. The third kappa shape index (κ3) is 2.83. The number of hydrogen-bond donors (Lipinski definition) is 1. The van der Waals surface area contributed by atoms with Crippen molar-refractivity contribution < 1.29 is 9.42 Å². The molecule has 26 heavy (non-hydrogen) atoms. The highest BCUT2D eigenvalue weighted by atomic mass is 16.6. The molecule has 2 aromatic heterocycles. The van der Waals surface area contributed by atoms with E-state index >= 15 is 0 Å². The number of anilines is 1. The Bertz CT molecular complexity index is 1100. The number of aromatic nitrogens is 4. The number of benzene rings is 2. The van der Waals surface area contributed by atoms with Crippen molar-refractivity contribution in [3.05, 3.63) is 59.7 Å². The van der Waals surface area contributed by atoms with Gasteiger partial charge in [-0.2, -0.15) is 0 Å². The molecule has 7 nitrogen and oxygen atoms in total. The number of imidazole rings is 1. The maximum atomic E-state index is 11.4. The quantitative estimate of drug-likeness (QED) is 0.611. The van der Waals surface area contributed by atoms with Gasteiger partial charge < -0.3 is 9.88 Å². The molecule has 0 aliphatic rings. The number of fused-ring (bicyclic) bond motifs is 1. The Morgan fingerprint density at radius 1 is 1.12 bits per heavy atom. The summed E-state index contributed by atoms with van der Waals surface area (Å²) in [7, 11) is 0. The second-order valence-corrected chi connectivity index (χ2v) is 6.08. The van der Waals surface area contributed by atoms with Gasteiger partial charge in [0.25, 0.3) is 0 Å². The zero-order valence-corrected chi connectivity index (χ0v) is 14.4. The molecule has 1 N–H and O–H groups in total. The van der Waals surface area contributed by atoms with E-state index in [1.165, 1.54) is 18.1 Å². The molecule has 4 rings (SSSR count).